The summed E-state index contributed by atoms with van der Waals surface area (Å²) in [6.45, 7) is 0. The first-order valence-electron chi connectivity index (χ1n) is 25.2. The van der Waals surface area contributed by atoms with Crippen LogP contribution in [0.1, 0.15) is 11.1 Å². The van der Waals surface area contributed by atoms with Crippen LogP contribution in [0.4, 0.5) is 0 Å². The van der Waals surface area contributed by atoms with Gasteiger partial charge in [-0.1, -0.05) is 218 Å². The van der Waals surface area contributed by atoms with E-state index in [1.165, 1.54) is 63.7 Å². The second-order valence-corrected chi connectivity index (χ2v) is 27.2. The molecule has 4 nitrogen and oxygen atoms in total. The van der Waals surface area contributed by atoms with Gasteiger partial charge in [0.2, 0.25) is 0 Å². The molecule has 0 saturated carbocycles. The van der Waals surface area contributed by atoms with Crippen molar-refractivity contribution in [1.29, 1.82) is 10.5 Å². The van der Waals surface area contributed by atoms with E-state index in [0.29, 0.717) is 11.1 Å². The third kappa shape index (κ3) is 5.53. The van der Waals surface area contributed by atoms with Gasteiger partial charge in [-0.05, 0) is 100 Å². The molecule has 13 aromatic rings. The summed E-state index contributed by atoms with van der Waals surface area (Å²) < 4.78 is 4.73. The van der Waals surface area contributed by atoms with Crippen molar-refractivity contribution in [2.45, 2.75) is 0 Å². The summed E-state index contributed by atoms with van der Waals surface area (Å²) in [5.74, 6) is 0. The Balaban J connectivity index is 1.06. The highest BCUT2D eigenvalue weighted by Gasteiger charge is 2.50. The molecule has 2 aromatic heterocycles. The summed E-state index contributed by atoms with van der Waals surface area (Å²) in [6, 6.07) is 98.7. The molecule has 0 amide bonds. The highest BCUT2D eigenvalue weighted by molar-refractivity contribution is 7.23. The van der Waals surface area contributed by atoms with Crippen molar-refractivity contribution < 1.29 is 0 Å². The number of fused-ring (bicyclic) bond motifs is 12. The number of hydrogen-bond acceptors (Lipinski definition) is 2. The molecule has 0 fully saturated rings. The van der Waals surface area contributed by atoms with E-state index in [9.17, 15) is 10.5 Å². The molecule has 342 valence electrons. The first-order valence-corrected chi connectivity index (χ1v) is 29.2. The topological polar surface area (TPSA) is 57.4 Å². The van der Waals surface area contributed by atoms with Gasteiger partial charge in [-0.3, -0.25) is 0 Å². The van der Waals surface area contributed by atoms with Crippen molar-refractivity contribution in [3.63, 3.8) is 0 Å². The van der Waals surface area contributed by atoms with Gasteiger partial charge in [-0.15, -0.1) is 0 Å². The average molecular weight is 971 g/mol. The van der Waals surface area contributed by atoms with E-state index in [2.05, 4.69) is 264 Å². The van der Waals surface area contributed by atoms with Crippen LogP contribution in [0.15, 0.2) is 255 Å². The molecule has 2 aliphatic heterocycles. The van der Waals surface area contributed by atoms with Gasteiger partial charge in [0, 0.05) is 21.5 Å². The van der Waals surface area contributed by atoms with Gasteiger partial charge < -0.3 is 9.13 Å². The fourth-order valence-electron chi connectivity index (χ4n) is 13.4. The Morgan fingerprint density at radius 1 is 0.270 bits per heavy atom. The third-order valence-electron chi connectivity index (χ3n) is 16.3. The number of rotatable bonds is 6. The summed E-state index contributed by atoms with van der Waals surface area (Å²) >= 11 is 0. The van der Waals surface area contributed by atoms with Crippen LogP contribution in [0.3, 0.4) is 0 Å². The Kier molecular flexibility index (Phi) is 9.09. The molecule has 0 unspecified atom stereocenters. The van der Waals surface area contributed by atoms with E-state index >= 15 is 0 Å². The van der Waals surface area contributed by atoms with Crippen LogP contribution in [-0.2, 0) is 0 Å². The highest BCUT2D eigenvalue weighted by Crippen LogP contribution is 2.43. The quantitative estimate of drug-likeness (QED) is 0.156. The van der Waals surface area contributed by atoms with Crippen LogP contribution in [0.2, 0.25) is 0 Å². The third-order valence-corrected chi connectivity index (χ3v) is 26.1. The van der Waals surface area contributed by atoms with Gasteiger partial charge in [0.15, 0.2) is 16.1 Å². The molecule has 15 rings (SSSR count). The molecule has 4 heterocycles. The van der Waals surface area contributed by atoms with Gasteiger partial charge in [-0.25, -0.2) is 0 Å². The van der Waals surface area contributed by atoms with Crippen LogP contribution in [0.25, 0.3) is 77.2 Å². The van der Waals surface area contributed by atoms with Crippen LogP contribution < -0.4 is 41.5 Å². The van der Waals surface area contributed by atoms with Crippen LogP contribution in [-0.4, -0.2) is 25.3 Å². The molecule has 74 heavy (non-hydrogen) atoms. The van der Waals surface area contributed by atoms with Crippen LogP contribution in [0, 0.1) is 22.7 Å². The molecule has 0 N–H and O–H groups in total. The van der Waals surface area contributed by atoms with Gasteiger partial charge >= 0.3 is 0 Å². The number of aromatic nitrogens is 2. The summed E-state index contributed by atoms with van der Waals surface area (Å²) in [7, 11) is -5.64. The average Bonchev–Trinajstić information content (AvgIpc) is 4.17. The molecular formula is C68H42N4Si2. The maximum atomic E-state index is 10.9. The fourth-order valence-corrected chi connectivity index (χ4v) is 23.8. The summed E-state index contributed by atoms with van der Waals surface area (Å²) in [5, 5.41) is 37.2. The number of nitrogens with zero attached hydrogens (tertiary/aromatic N) is 4. The lowest BCUT2D eigenvalue weighted by molar-refractivity contribution is 1.09. The smallest absolute Gasteiger partial charge is 0.180 e. The minimum Gasteiger partial charge on any atom is -0.307 e. The largest absolute Gasteiger partial charge is 0.307 e. The van der Waals surface area contributed by atoms with Gasteiger partial charge in [-0.2, -0.15) is 10.5 Å². The molecule has 0 saturated heterocycles. The Morgan fingerprint density at radius 2 is 0.595 bits per heavy atom. The van der Waals surface area contributed by atoms with Crippen molar-refractivity contribution >= 4 is 101 Å². The molecule has 11 aromatic carbocycles. The second-order valence-electron chi connectivity index (χ2n) is 19.7. The van der Waals surface area contributed by atoms with E-state index in [0.717, 1.165) is 55.0 Å². The molecule has 0 spiro atoms. The Morgan fingerprint density at radius 3 is 0.959 bits per heavy atom. The Hall–Kier alpha value is -9.57. The minimum absolute atomic E-state index is 0.334. The standard InChI is InChI=1S/C68H42N4Si2/c69-43-45-37-63(71-59-33-17-13-29-51(59)55-41-67-57(39-61(55)71)53-31-15-19-35-65(53)73(67,47-21-5-1-6-22-47)48-23-7-2-8-24-48)64(38-46(45)44-70)72-60-34-18-14-30-52(60)56-42-68-58(40-62(56)72)54-32-16-20-36-66(54)74(68,49-25-9-3-10-26-49)50-27-11-4-12-28-50/h1-42H. The maximum absolute atomic E-state index is 10.9. The van der Waals surface area contributed by atoms with Gasteiger partial charge in [0.25, 0.3) is 0 Å². The molecule has 0 bridgehead atoms. The molecule has 0 radical (unpaired) electrons. The number of hydrogen-bond donors (Lipinski definition) is 0. The van der Waals surface area contributed by atoms with Crippen molar-refractivity contribution in [3.8, 4) is 45.8 Å². The van der Waals surface area contributed by atoms with Crippen LogP contribution in [0.5, 0.6) is 0 Å². The summed E-state index contributed by atoms with van der Waals surface area (Å²) in [5.41, 5.74) is 11.4. The summed E-state index contributed by atoms with van der Waals surface area (Å²) in [4.78, 5) is 0. The highest BCUT2D eigenvalue weighted by atomic mass is 28.3. The van der Waals surface area contributed by atoms with Crippen molar-refractivity contribution in [2.75, 3.05) is 0 Å². The number of para-hydroxylation sites is 2. The van der Waals surface area contributed by atoms with E-state index < -0.39 is 16.1 Å². The lowest BCUT2D eigenvalue weighted by Crippen LogP contribution is -2.72. The van der Waals surface area contributed by atoms with Crippen LogP contribution >= 0.6 is 0 Å². The number of benzene rings is 11. The predicted molar refractivity (Wildman–Crippen MR) is 310 cm³/mol. The molecule has 0 aliphatic carbocycles. The van der Waals surface area contributed by atoms with Crippen molar-refractivity contribution in [1.82, 2.24) is 9.13 Å². The normalized spacial score (nSPS) is 13.6. The van der Waals surface area contributed by atoms with E-state index in [-0.39, 0.29) is 0 Å². The summed E-state index contributed by atoms with van der Waals surface area (Å²) in [6.07, 6.45) is 0. The monoisotopic (exact) mass is 970 g/mol. The van der Waals surface area contributed by atoms with E-state index in [4.69, 9.17) is 0 Å². The zero-order valence-corrected chi connectivity index (χ0v) is 42.0. The Bertz CT molecular complexity index is 4190. The van der Waals surface area contributed by atoms with E-state index in [1.807, 2.05) is 12.1 Å². The van der Waals surface area contributed by atoms with E-state index in [1.54, 1.807) is 0 Å². The molecule has 2 aliphatic rings. The first-order chi connectivity index (χ1) is 36.6. The molecule has 0 atom stereocenters. The van der Waals surface area contributed by atoms with Gasteiger partial charge in [0.05, 0.1) is 44.6 Å². The van der Waals surface area contributed by atoms with Gasteiger partial charge in [0.1, 0.15) is 12.1 Å². The Labute approximate surface area is 430 Å². The maximum Gasteiger partial charge on any atom is 0.180 e. The minimum atomic E-state index is -2.82. The second kappa shape index (κ2) is 16.0. The predicted octanol–water partition coefficient (Wildman–Crippen LogP) is 10.3. The van der Waals surface area contributed by atoms with Crippen molar-refractivity contribution in [3.05, 3.63) is 266 Å². The van der Waals surface area contributed by atoms with Crippen molar-refractivity contribution in [2.24, 2.45) is 0 Å². The fraction of sp³-hybridized carbons (Fsp3) is 0. The zero-order valence-electron chi connectivity index (χ0n) is 40.0. The lowest BCUT2D eigenvalue weighted by atomic mass is 10.0. The molecule has 6 heteroatoms. The first kappa shape index (κ1) is 42.1. The molecular weight excluding hydrogens is 929 g/mol. The zero-order chi connectivity index (χ0) is 49.1. The number of nitriles is 2. The SMILES string of the molecule is N#Cc1cc(-n2c3ccccc3c3cc4c(cc32)-c2ccccc2[Si]4(c2ccccc2)c2ccccc2)c(-n2c3ccccc3c3cc4c(cc32)-c2ccccc2[Si]4(c2ccccc2)c2ccccc2)cc1C#N. The lowest BCUT2D eigenvalue weighted by Gasteiger charge is -2.31.